The second-order valence-corrected chi connectivity index (χ2v) is 8.03. The molecule has 3 rings (SSSR count). The van der Waals surface area contributed by atoms with Gasteiger partial charge in [-0.25, -0.2) is 0 Å². The molecule has 6 nitrogen and oxygen atoms in total. The number of hydrogen-bond donors (Lipinski definition) is 2. The molecule has 2 heterocycles. The molecule has 1 aromatic carbocycles. The lowest BCUT2D eigenvalue weighted by atomic mass is 10.1. The number of anilines is 1. The van der Waals surface area contributed by atoms with Crippen molar-refractivity contribution in [3.63, 3.8) is 0 Å². The maximum atomic E-state index is 5.96. The van der Waals surface area contributed by atoms with E-state index in [1.54, 1.807) is 6.20 Å². The molecule has 2 fully saturated rings. The number of piperazine rings is 1. The van der Waals surface area contributed by atoms with Crippen LogP contribution in [0.3, 0.4) is 0 Å². The normalized spacial score (nSPS) is 20.9. The third kappa shape index (κ3) is 6.06. The fraction of sp³-hybridized carbons (Fsp3) is 0.591. The maximum Gasteiger partial charge on any atom is 0.0401 e. The lowest BCUT2D eigenvalue weighted by Gasteiger charge is -2.34. The molecule has 2 aliphatic rings. The van der Waals surface area contributed by atoms with E-state index in [2.05, 4.69) is 51.0 Å². The zero-order valence-electron chi connectivity index (χ0n) is 17.3. The van der Waals surface area contributed by atoms with Crippen molar-refractivity contribution in [2.24, 2.45) is 16.5 Å². The van der Waals surface area contributed by atoms with Gasteiger partial charge in [0.15, 0.2) is 0 Å². The van der Waals surface area contributed by atoms with Gasteiger partial charge in [0.1, 0.15) is 0 Å². The van der Waals surface area contributed by atoms with Crippen molar-refractivity contribution in [2.45, 2.75) is 25.3 Å². The number of nitrogens with two attached hydrogens (primary N) is 2. The second kappa shape index (κ2) is 10.6. The first-order valence-corrected chi connectivity index (χ1v) is 10.6. The first-order valence-electron chi connectivity index (χ1n) is 10.6. The van der Waals surface area contributed by atoms with Crippen LogP contribution in [0.5, 0.6) is 0 Å². The van der Waals surface area contributed by atoms with Gasteiger partial charge in [0.25, 0.3) is 0 Å². The Labute approximate surface area is 169 Å². The van der Waals surface area contributed by atoms with Crippen LogP contribution in [0.25, 0.3) is 5.57 Å². The van der Waals surface area contributed by atoms with E-state index in [-0.39, 0.29) is 0 Å². The molecule has 0 radical (unpaired) electrons. The molecule has 1 aromatic rings. The molecule has 0 amide bonds. The number of likely N-dealkylation sites (tertiary alicyclic amines) is 1. The number of hydrogen-bond acceptors (Lipinski definition) is 6. The lowest BCUT2D eigenvalue weighted by Crippen LogP contribution is -2.44. The van der Waals surface area contributed by atoms with Crippen molar-refractivity contribution in [3.8, 4) is 0 Å². The van der Waals surface area contributed by atoms with E-state index in [1.165, 1.54) is 5.69 Å². The standard InChI is InChI=1S/C22H36N6/c1-26-13-15-28(16-14-26)22-5-3-19(4-6-22)20(17-23)18-25-9-2-10-27-11-7-21(24)8-12-27/h3-6,17-18,21H,2,7-16,23-24H2,1H3/b20-17+,25-18?. The highest BCUT2D eigenvalue weighted by Gasteiger charge is 2.15. The zero-order chi connectivity index (χ0) is 19.8. The summed E-state index contributed by atoms with van der Waals surface area (Å²) in [6, 6.07) is 9.08. The largest absolute Gasteiger partial charge is 0.404 e. The molecule has 4 N–H and O–H groups in total. The predicted molar refractivity (Wildman–Crippen MR) is 120 cm³/mol. The Hall–Kier alpha value is -1.89. The Bertz CT molecular complexity index is 637. The van der Waals surface area contributed by atoms with Gasteiger partial charge in [0.2, 0.25) is 0 Å². The number of likely N-dealkylation sites (N-methyl/N-ethyl adjacent to an activating group) is 1. The van der Waals surface area contributed by atoms with Crippen molar-refractivity contribution in [1.29, 1.82) is 0 Å². The van der Waals surface area contributed by atoms with Crippen LogP contribution in [-0.2, 0) is 0 Å². The number of rotatable bonds is 7. The van der Waals surface area contributed by atoms with Crippen molar-refractivity contribution in [2.75, 3.05) is 64.3 Å². The summed E-state index contributed by atoms with van der Waals surface area (Å²) in [5, 5.41) is 0. The summed E-state index contributed by atoms with van der Waals surface area (Å²) in [5.41, 5.74) is 15.2. The smallest absolute Gasteiger partial charge is 0.0401 e. The van der Waals surface area contributed by atoms with Crippen molar-refractivity contribution >= 4 is 17.5 Å². The Morgan fingerprint density at radius 3 is 2.39 bits per heavy atom. The molecule has 0 saturated carbocycles. The van der Waals surface area contributed by atoms with E-state index in [1.807, 2.05) is 6.21 Å². The molecule has 2 saturated heterocycles. The summed E-state index contributed by atoms with van der Waals surface area (Å²) in [4.78, 5) is 11.9. The molecule has 0 atom stereocenters. The third-order valence-electron chi connectivity index (χ3n) is 5.87. The molecule has 0 unspecified atom stereocenters. The lowest BCUT2D eigenvalue weighted by molar-refractivity contribution is 0.212. The van der Waals surface area contributed by atoms with Crippen molar-refractivity contribution < 1.29 is 0 Å². The van der Waals surface area contributed by atoms with Crippen LogP contribution in [0.4, 0.5) is 5.69 Å². The summed E-state index contributed by atoms with van der Waals surface area (Å²) in [7, 11) is 2.18. The van der Waals surface area contributed by atoms with Gasteiger partial charge in [0, 0.05) is 62.4 Å². The highest BCUT2D eigenvalue weighted by molar-refractivity contribution is 6.09. The highest BCUT2D eigenvalue weighted by atomic mass is 15.2. The molecular weight excluding hydrogens is 348 g/mol. The van der Waals surface area contributed by atoms with Gasteiger partial charge in [0.05, 0.1) is 0 Å². The van der Waals surface area contributed by atoms with Gasteiger partial charge in [-0.3, -0.25) is 4.99 Å². The predicted octanol–water partition coefficient (Wildman–Crippen LogP) is 1.62. The van der Waals surface area contributed by atoms with Gasteiger partial charge in [-0.05, 0) is 63.6 Å². The van der Waals surface area contributed by atoms with Crippen LogP contribution >= 0.6 is 0 Å². The minimum absolute atomic E-state index is 0.397. The van der Waals surface area contributed by atoms with Crippen LogP contribution in [0.1, 0.15) is 24.8 Å². The Kier molecular flexibility index (Phi) is 7.89. The van der Waals surface area contributed by atoms with Gasteiger partial charge >= 0.3 is 0 Å². The molecule has 28 heavy (non-hydrogen) atoms. The fourth-order valence-electron chi connectivity index (χ4n) is 3.87. The Balaban J connectivity index is 1.44. The van der Waals surface area contributed by atoms with Gasteiger partial charge in [-0.15, -0.1) is 0 Å². The topological polar surface area (TPSA) is 74.1 Å². The maximum absolute atomic E-state index is 5.96. The average molecular weight is 385 g/mol. The molecule has 0 aromatic heterocycles. The SMILES string of the molecule is CN1CCN(c2ccc(/C(C=NCCCN3CCC(N)CC3)=C/N)cc2)CC1. The van der Waals surface area contributed by atoms with E-state index >= 15 is 0 Å². The first-order chi connectivity index (χ1) is 13.7. The average Bonchev–Trinajstić information content (AvgIpc) is 2.73. The van der Waals surface area contributed by atoms with Crippen LogP contribution in [0, 0.1) is 0 Å². The first kappa shape index (κ1) is 20.8. The van der Waals surface area contributed by atoms with Gasteiger partial charge in [-0.1, -0.05) is 12.1 Å². The quantitative estimate of drug-likeness (QED) is 0.552. The summed E-state index contributed by atoms with van der Waals surface area (Å²) < 4.78 is 0. The van der Waals surface area contributed by atoms with Crippen LogP contribution < -0.4 is 16.4 Å². The van der Waals surface area contributed by atoms with Crippen molar-refractivity contribution in [3.05, 3.63) is 36.0 Å². The van der Waals surface area contributed by atoms with Gasteiger partial charge < -0.3 is 26.2 Å². The molecule has 154 valence electrons. The molecular formula is C22H36N6. The molecule has 2 aliphatic heterocycles. The molecule has 0 spiro atoms. The minimum Gasteiger partial charge on any atom is -0.404 e. The fourth-order valence-corrected chi connectivity index (χ4v) is 3.87. The Morgan fingerprint density at radius 2 is 1.75 bits per heavy atom. The van der Waals surface area contributed by atoms with E-state index in [9.17, 15) is 0 Å². The van der Waals surface area contributed by atoms with Crippen LogP contribution in [-0.4, -0.2) is 81.5 Å². The number of piperidine rings is 1. The molecule has 6 heteroatoms. The third-order valence-corrected chi connectivity index (χ3v) is 5.87. The number of benzene rings is 1. The second-order valence-electron chi connectivity index (χ2n) is 8.03. The summed E-state index contributed by atoms with van der Waals surface area (Å²) in [6.45, 7) is 8.58. The zero-order valence-corrected chi connectivity index (χ0v) is 17.3. The van der Waals surface area contributed by atoms with Gasteiger partial charge in [-0.2, -0.15) is 0 Å². The van der Waals surface area contributed by atoms with E-state index in [0.29, 0.717) is 6.04 Å². The summed E-state index contributed by atoms with van der Waals surface area (Å²) in [5.74, 6) is 0. The Morgan fingerprint density at radius 1 is 1.07 bits per heavy atom. The van der Waals surface area contributed by atoms with Crippen LogP contribution in [0.15, 0.2) is 35.5 Å². The summed E-state index contributed by atoms with van der Waals surface area (Å²) >= 11 is 0. The number of nitrogens with zero attached hydrogens (tertiary/aromatic N) is 4. The monoisotopic (exact) mass is 384 g/mol. The number of allylic oxidation sites excluding steroid dienone is 1. The minimum atomic E-state index is 0.397. The van der Waals surface area contributed by atoms with Crippen molar-refractivity contribution in [1.82, 2.24) is 9.80 Å². The number of aliphatic imine (C=N–C) groups is 1. The molecule has 0 bridgehead atoms. The molecule has 0 aliphatic carbocycles. The van der Waals surface area contributed by atoms with E-state index < -0.39 is 0 Å². The highest BCUT2D eigenvalue weighted by Crippen LogP contribution is 2.20. The summed E-state index contributed by atoms with van der Waals surface area (Å²) in [6.07, 6.45) is 6.88. The van der Waals surface area contributed by atoms with E-state index in [0.717, 1.165) is 82.8 Å². The van der Waals surface area contributed by atoms with E-state index in [4.69, 9.17) is 11.5 Å². The van der Waals surface area contributed by atoms with Crippen LogP contribution in [0.2, 0.25) is 0 Å².